The van der Waals surface area contributed by atoms with E-state index in [0.29, 0.717) is 29.8 Å². The van der Waals surface area contributed by atoms with Crippen molar-refractivity contribution in [2.75, 3.05) is 13.2 Å². The van der Waals surface area contributed by atoms with Crippen LogP contribution < -0.4 is 5.32 Å². The highest BCUT2D eigenvalue weighted by Crippen LogP contribution is 2.23. The van der Waals surface area contributed by atoms with E-state index < -0.39 is 0 Å². The molecule has 1 aliphatic heterocycles. The van der Waals surface area contributed by atoms with Gasteiger partial charge in [0.15, 0.2) is 0 Å². The average Bonchev–Trinajstić information content (AvgIpc) is 2.97. The van der Waals surface area contributed by atoms with Gasteiger partial charge >= 0.3 is 0 Å². The molecule has 100 valence electrons. The van der Waals surface area contributed by atoms with Crippen LogP contribution in [0.25, 0.3) is 10.9 Å². The molecule has 2 aromatic rings. The first-order valence-electron chi connectivity index (χ1n) is 6.31. The molecule has 1 fully saturated rings. The van der Waals surface area contributed by atoms with E-state index in [0.717, 1.165) is 10.9 Å². The first-order valence-corrected chi connectivity index (χ1v) is 6.69. The van der Waals surface area contributed by atoms with E-state index in [1.165, 1.54) is 0 Å². The van der Waals surface area contributed by atoms with Crippen molar-refractivity contribution in [1.29, 1.82) is 0 Å². The zero-order valence-corrected chi connectivity index (χ0v) is 11.3. The number of para-hydroxylation sites is 1. The van der Waals surface area contributed by atoms with Crippen molar-refractivity contribution in [1.82, 2.24) is 10.3 Å². The van der Waals surface area contributed by atoms with Crippen molar-refractivity contribution in [2.24, 2.45) is 5.92 Å². The molecular weight excluding hydrogens is 264 g/mol. The second-order valence-corrected chi connectivity index (χ2v) is 5.39. The summed E-state index contributed by atoms with van der Waals surface area (Å²) in [7, 11) is 0. The van der Waals surface area contributed by atoms with Gasteiger partial charge in [0.1, 0.15) is 5.69 Å². The summed E-state index contributed by atoms with van der Waals surface area (Å²) in [4.78, 5) is 15.3. The molecule has 0 bridgehead atoms. The molecule has 2 N–H and O–H groups in total. The quantitative estimate of drug-likeness (QED) is 0.887. The summed E-state index contributed by atoms with van der Waals surface area (Å²) >= 11 is 6.09. The molecular formula is C14H15ClN2O2. The van der Waals surface area contributed by atoms with Crippen molar-refractivity contribution in [3.05, 3.63) is 35.0 Å². The summed E-state index contributed by atoms with van der Waals surface area (Å²) in [6, 6.07) is 7.49. The Bertz CT molecular complexity index is 623. The van der Waals surface area contributed by atoms with Crippen LogP contribution in [0, 0.1) is 5.92 Å². The van der Waals surface area contributed by atoms with Gasteiger partial charge < -0.3 is 15.0 Å². The zero-order chi connectivity index (χ0) is 13.4. The molecule has 1 saturated heterocycles. The SMILES string of the molecule is C[C@@H]1COCC1NC(=O)c1cc2cccc(Cl)c2[nH]1. The smallest absolute Gasteiger partial charge is 0.268 e. The van der Waals surface area contributed by atoms with Crippen molar-refractivity contribution in [2.45, 2.75) is 13.0 Å². The van der Waals surface area contributed by atoms with Gasteiger partial charge in [-0.1, -0.05) is 30.7 Å². The van der Waals surface area contributed by atoms with E-state index in [1.54, 1.807) is 6.07 Å². The summed E-state index contributed by atoms with van der Waals surface area (Å²) in [5.41, 5.74) is 1.33. The van der Waals surface area contributed by atoms with E-state index in [1.807, 2.05) is 18.2 Å². The Morgan fingerprint density at radius 2 is 2.32 bits per heavy atom. The van der Waals surface area contributed by atoms with Crippen LogP contribution in [0.5, 0.6) is 0 Å². The normalized spacial score (nSPS) is 22.8. The van der Waals surface area contributed by atoms with Gasteiger partial charge in [0.05, 0.1) is 29.8 Å². The average molecular weight is 279 g/mol. The maximum atomic E-state index is 12.2. The van der Waals surface area contributed by atoms with Crippen molar-refractivity contribution in [3.8, 4) is 0 Å². The number of carbonyl (C=O) groups excluding carboxylic acids is 1. The number of benzene rings is 1. The van der Waals surface area contributed by atoms with Gasteiger partial charge in [-0.15, -0.1) is 0 Å². The van der Waals surface area contributed by atoms with Gasteiger partial charge in [-0.3, -0.25) is 4.79 Å². The number of nitrogens with one attached hydrogen (secondary N) is 2. The van der Waals surface area contributed by atoms with Crippen LogP contribution in [0.3, 0.4) is 0 Å². The molecule has 3 rings (SSSR count). The number of aromatic amines is 1. The molecule has 2 heterocycles. The molecule has 1 aromatic heterocycles. The summed E-state index contributed by atoms with van der Waals surface area (Å²) in [5, 5.41) is 4.54. The Hall–Kier alpha value is -1.52. The predicted octanol–water partition coefficient (Wildman–Crippen LogP) is 2.59. The molecule has 4 nitrogen and oxygen atoms in total. The number of hydrogen-bond donors (Lipinski definition) is 2. The maximum Gasteiger partial charge on any atom is 0.268 e. The van der Waals surface area contributed by atoms with Crippen LogP contribution in [0.1, 0.15) is 17.4 Å². The lowest BCUT2D eigenvalue weighted by molar-refractivity contribution is 0.0922. The fourth-order valence-electron chi connectivity index (χ4n) is 2.33. The van der Waals surface area contributed by atoms with Crippen LogP contribution in [0.2, 0.25) is 5.02 Å². The minimum Gasteiger partial charge on any atom is -0.379 e. The van der Waals surface area contributed by atoms with Crippen molar-refractivity contribution >= 4 is 28.4 Å². The van der Waals surface area contributed by atoms with Gasteiger partial charge in [-0.25, -0.2) is 0 Å². The number of amides is 1. The van der Waals surface area contributed by atoms with Crippen molar-refractivity contribution < 1.29 is 9.53 Å². The first-order chi connectivity index (χ1) is 9.15. The number of carbonyl (C=O) groups is 1. The van der Waals surface area contributed by atoms with Gasteiger partial charge in [0.25, 0.3) is 5.91 Å². The number of H-pyrrole nitrogens is 1. The lowest BCUT2D eigenvalue weighted by Crippen LogP contribution is -2.39. The second kappa shape index (κ2) is 4.87. The Morgan fingerprint density at radius 1 is 1.47 bits per heavy atom. The van der Waals surface area contributed by atoms with Gasteiger partial charge in [0, 0.05) is 11.3 Å². The van der Waals surface area contributed by atoms with Crippen LogP contribution in [-0.2, 0) is 4.74 Å². The molecule has 2 atom stereocenters. The fourth-order valence-corrected chi connectivity index (χ4v) is 2.56. The summed E-state index contributed by atoms with van der Waals surface area (Å²) in [6.45, 7) is 3.34. The number of aromatic nitrogens is 1. The molecule has 0 spiro atoms. The van der Waals surface area contributed by atoms with E-state index in [9.17, 15) is 4.79 Å². The van der Waals surface area contributed by atoms with Gasteiger partial charge in [-0.05, 0) is 12.1 Å². The van der Waals surface area contributed by atoms with Crippen molar-refractivity contribution in [3.63, 3.8) is 0 Å². The molecule has 5 heteroatoms. The molecule has 19 heavy (non-hydrogen) atoms. The van der Waals surface area contributed by atoms with E-state index in [-0.39, 0.29) is 11.9 Å². The molecule has 1 aliphatic rings. The number of hydrogen-bond acceptors (Lipinski definition) is 2. The Labute approximate surface area is 116 Å². The molecule has 0 radical (unpaired) electrons. The van der Waals surface area contributed by atoms with E-state index in [2.05, 4.69) is 17.2 Å². The third-order valence-corrected chi connectivity index (χ3v) is 3.85. The highest BCUT2D eigenvalue weighted by molar-refractivity contribution is 6.35. The van der Waals surface area contributed by atoms with Gasteiger partial charge in [-0.2, -0.15) is 0 Å². The third-order valence-electron chi connectivity index (χ3n) is 3.53. The molecule has 1 unspecified atom stereocenters. The zero-order valence-electron chi connectivity index (χ0n) is 10.6. The first kappa shape index (κ1) is 12.5. The maximum absolute atomic E-state index is 12.2. The highest BCUT2D eigenvalue weighted by Gasteiger charge is 2.26. The largest absolute Gasteiger partial charge is 0.379 e. The van der Waals surface area contributed by atoms with E-state index in [4.69, 9.17) is 16.3 Å². The number of rotatable bonds is 2. The number of fused-ring (bicyclic) bond motifs is 1. The fraction of sp³-hybridized carbons (Fsp3) is 0.357. The minimum absolute atomic E-state index is 0.0781. The molecule has 1 aromatic carbocycles. The highest BCUT2D eigenvalue weighted by atomic mass is 35.5. The summed E-state index contributed by atoms with van der Waals surface area (Å²) < 4.78 is 5.34. The molecule has 0 aliphatic carbocycles. The third kappa shape index (κ3) is 2.33. The van der Waals surface area contributed by atoms with Crippen LogP contribution in [-0.4, -0.2) is 30.1 Å². The van der Waals surface area contributed by atoms with Crippen LogP contribution in [0.15, 0.2) is 24.3 Å². The Balaban J connectivity index is 1.83. The number of ether oxygens (including phenoxy) is 1. The minimum atomic E-state index is -0.116. The van der Waals surface area contributed by atoms with Crippen LogP contribution in [0.4, 0.5) is 0 Å². The van der Waals surface area contributed by atoms with E-state index >= 15 is 0 Å². The monoisotopic (exact) mass is 278 g/mol. The molecule has 0 saturated carbocycles. The summed E-state index contributed by atoms with van der Waals surface area (Å²) in [5.74, 6) is 0.228. The Kier molecular flexibility index (Phi) is 3.21. The lowest BCUT2D eigenvalue weighted by Gasteiger charge is -2.14. The predicted molar refractivity (Wildman–Crippen MR) is 74.5 cm³/mol. The number of halogens is 1. The summed E-state index contributed by atoms with van der Waals surface area (Å²) in [6.07, 6.45) is 0. The Morgan fingerprint density at radius 3 is 3.00 bits per heavy atom. The second-order valence-electron chi connectivity index (χ2n) is 4.98. The van der Waals surface area contributed by atoms with Gasteiger partial charge in [0.2, 0.25) is 0 Å². The molecule has 1 amide bonds. The lowest BCUT2D eigenvalue weighted by atomic mass is 10.1. The van der Waals surface area contributed by atoms with Crippen LogP contribution >= 0.6 is 11.6 Å². The topological polar surface area (TPSA) is 54.1 Å². The standard InChI is InChI=1S/C14H15ClN2O2/c1-8-6-19-7-12(8)17-14(18)11-5-9-3-2-4-10(15)13(9)16-11/h2-5,8,12,16H,6-7H2,1H3,(H,17,18)/t8-,12?/m1/s1.